The van der Waals surface area contributed by atoms with Crippen LogP contribution in [0.1, 0.15) is 18.4 Å². The lowest BCUT2D eigenvalue weighted by Crippen LogP contribution is -2.17. The predicted octanol–water partition coefficient (Wildman–Crippen LogP) is 5.42. The molecule has 1 saturated heterocycles. The first kappa shape index (κ1) is 14.9. The van der Waals surface area contributed by atoms with Crippen LogP contribution >= 0.6 is 31.9 Å². The van der Waals surface area contributed by atoms with Gasteiger partial charge in [0.25, 0.3) is 0 Å². The molecule has 3 rings (SSSR count). The van der Waals surface area contributed by atoms with Gasteiger partial charge in [-0.15, -0.1) is 0 Å². The molecule has 0 aromatic heterocycles. The zero-order valence-electron chi connectivity index (χ0n) is 11.8. The van der Waals surface area contributed by atoms with Crippen LogP contribution in [-0.2, 0) is 6.54 Å². The van der Waals surface area contributed by atoms with E-state index in [2.05, 4.69) is 66.3 Å². The molecule has 2 aromatic rings. The van der Waals surface area contributed by atoms with Gasteiger partial charge in [-0.1, -0.05) is 18.2 Å². The Morgan fingerprint density at radius 3 is 2.14 bits per heavy atom. The summed E-state index contributed by atoms with van der Waals surface area (Å²) in [6, 6.07) is 15.0. The molecule has 0 spiro atoms. The summed E-state index contributed by atoms with van der Waals surface area (Å²) in [6.07, 6.45) is 2.64. The van der Waals surface area contributed by atoms with Crippen molar-refractivity contribution in [2.75, 3.05) is 23.3 Å². The number of hydrogen-bond acceptors (Lipinski definition) is 2. The molecule has 2 nitrogen and oxygen atoms in total. The molecule has 4 heteroatoms. The van der Waals surface area contributed by atoms with Gasteiger partial charge < -0.3 is 10.2 Å². The highest BCUT2D eigenvalue weighted by atomic mass is 79.9. The third kappa shape index (κ3) is 3.61. The largest absolute Gasteiger partial charge is 0.379 e. The molecule has 1 N–H and O–H groups in total. The molecule has 110 valence electrons. The standard InChI is InChI=1S/C17H18Br2N2/c18-15-4-3-5-16(19)17(15)20-12-13-6-8-14(9-7-13)21-10-1-2-11-21/h3-9,20H,1-2,10-12H2. The maximum atomic E-state index is 3.58. The Kier molecular flexibility index (Phi) is 4.86. The van der Waals surface area contributed by atoms with Crippen LogP contribution in [0.3, 0.4) is 0 Å². The highest BCUT2D eigenvalue weighted by Gasteiger charge is 2.11. The zero-order chi connectivity index (χ0) is 14.7. The summed E-state index contributed by atoms with van der Waals surface area (Å²) in [5, 5.41) is 3.48. The summed E-state index contributed by atoms with van der Waals surface area (Å²) in [5.41, 5.74) is 3.74. The summed E-state index contributed by atoms with van der Waals surface area (Å²) >= 11 is 7.16. The molecule has 0 unspecified atom stereocenters. The van der Waals surface area contributed by atoms with Crippen molar-refractivity contribution in [2.45, 2.75) is 19.4 Å². The number of hydrogen-bond donors (Lipinski definition) is 1. The SMILES string of the molecule is Brc1cccc(Br)c1NCc1ccc(N2CCCC2)cc1. The molecule has 0 amide bonds. The fourth-order valence-electron chi connectivity index (χ4n) is 2.66. The van der Waals surface area contributed by atoms with E-state index in [-0.39, 0.29) is 0 Å². The molecule has 0 atom stereocenters. The van der Waals surface area contributed by atoms with E-state index in [1.54, 1.807) is 0 Å². The maximum absolute atomic E-state index is 3.58. The van der Waals surface area contributed by atoms with Gasteiger partial charge >= 0.3 is 0 Å². The first-order valence-corrected chi connectivity index (χ1v) is 8.84. The molecule has 1 aliphatic rings. The first-order chi connectivity index (χ1) is 10.2. The molecule has 21 heavy (non-hydrogen) atoms. The van der Waals surface area contributed by atoms with Crippen LogP contribution in [0, 0.1) is 0 Å². The Hall–Kier alpha value is -1.00. The van der Waals surface area contributed by atoms with Crippen molar-refractivity contribution in [1.82, 2.24) is 0 Å². The van der Waals surface area contributed by atoms with Gasteiger partial charge in [0.2, 0.25) is 0 Å². The minimum atomic E-state index is 0.821. The molecule has 1 fully saturated rings. The van der Waals surface area contributed by atoms with Crippen LogP contribution < -0.4 is 10.2 Å². The fraction of sp³-hybridized carbons (Fsp3) is 0.294. The second-order valence-corrected chi connectivity index (χ2v) is 7.02. The zero-order valence-corrected chi connectivity index (χ0v) is 15.0. The van der Waals surface area contributed by atoms with Crippen molar-refractivity contribution >= 4 is 43.2 Å². The minimum Gasteiger partial charge on any atom is -0.379 e. The lowest BCUT2D eigenvalue weighted by Gasteiger charge is -2.18. The van der Waals surface area contributed by atoms with Gasteiger partial charge in [-0.2, -0.15) is 0 Å². The summed E-state index contributed by atoms with van der Waals surface area (Å²) < 4.78 is 2.15. The van der Waals surface area contributed by atoms with Gasteiger partial charge in [-0.3, -0.25) is 0 Å². The monoisotopic (exact) mass is 408 g/mol. The molecule has 0 saturated carbocycles. The summed E-state index contributed by atoms with van der Waals surface area (Å²) in [4.78, 5) is 2.46. The summed E-state index contributed by atoms with van der Waals surface area (Å²) in [6.45, 7) is 3.21. The van der Waals surface area contributed by atoms with Gasteiger partial charge in [0.05, 0.1) is 5.69 Å². The number of nitrogens with zero attached hydrogens (tertiary/aromatic N) is 1. The first-order valence-electron chi connectivity index (χ1n) is 7.26. The van der Waals surface area contributed by atoms with Gasteiger partial charge in [0.15, 0.2) is 0 Å². The van der Waals surface area contributed by atoms with Crippen molar-refractivity contribution in [3.63, 3.8) is 0 Å². The summed E-state index contributed by atoms with van der Waals surface area (Å²) in [7, 11) is 0. The molecule has 0 radical (unpaired) electrons. The average Bonchev–Trinajstić information content (AvgIpc) is 3.02. The third-order valence-electron chi connectivity index (χ3n) is 3.84. The van der Waals surface area contributed by atoms with Crippen molar-refractivity contribution < 1.29 is 0 Å². The molecule has 1 aliphatic heterocycles. The number of halogens is 2. The Morgan fingerprint density at radius 1 is 0.905 bits per heavy atom. The topological polar surface area (TPSA) is 15.3 Å². The fourth-order valence-corrected chi connectivity index (χ4v) is 3.94. The summed E-state index contributed by atoms with van der Waals surface area (Å²) in [5.74, 6) is 0. The van der Waals surface area contributed by atoms with E-state index in [1.165, 1.54) is 37.2 Å². The second kappa shape index (κ2) is 6.84. The van der Waals surface area contributed by atoms with E-state index in [4.69, 9.17) is 0 Å². The molecule has 0 bridgehead atoms. The molecule has 2 aromatic carbocycles. The smallest absolute Gasteiger partial charge is 0.0631 e. The lowest BCUT2D eigenvalue weighted by atomic mass is 10.2. The van der Waals surface area contributed by atoms with E-state index >= 15 is 0 Å². The number of rotatable bonds is 4. The molecule has 0 aliphatic carbocycles. The van der Waals surface area contributed by atoms with Gasteiger partial charge in [-0.05, 0) is 74.5 Å². The van der Waals surface area contributed by atoms with Crippen molar-refractivity contribution in [3.05, 3.63) is 57.0 Å². The van der Waals surface area contributed by atoms with Gasteiger partial charge in [-0.25, -0.2) is 0 Å². The Labute approximate surface area is 142 Å². The molecule has 1 heterocycles. The highest BCUT2D eigenvalue weighted by Crippen LogP contribution is 2.31. The van der Waals surface area contributed by atoms with E-state index in [0.717, 1.165) is 21.2 Å². The van der Waals surface area contributed by atoms with Crippen molar-refractivity contribution in [3.8, 4) is 0 Å². The minimum absolute atomic E-state index is 0.821. The second-order valence-electron chi connectivity index (χ2n) is 5.31. The van der Waals surface area contributed by atoms with E-state index in [9.17, 15) is 0 Å². The van der Waals surface area contributed by atoms with Crippen LogP contribution in [0.4, 0.5) is 11.4 Å². The van der Waals surface area contributed by atoms with Gasteiger partial charge in [0, 0.05) is 34.3 Å². The quantitative estimate of drug-likeness (QED) is 0.724. The third-order valence-corrected chi connectivity index (χ3v) is 5.16. The van der Waals surface area contributed by atoms with E-state index < -0.39 is 0 Å². The lowest BCUT2D eigenvalue weighted by molar-refractivity contribution is 0.949. The highest BCUT2D eigenvalue weighted by molar-refractivity contribution is 9.11. The Balaban J connectivity index is 1.65. The number of benzene rings is 2. The predicted molar refractivity (Wildman–Crippen MR) is 97.1 cm³/mol. The van der Waals surface area contributed by atoms with Crippen molar-refractivity contribution in [2.24, 2.45) is 0 Å². The molecular weight excluding hydrogens is 392 g/mol. The van der Waals surface area contributed by atoms with Crippen LogP contribution in [0.15, 0.2) is 51.4 Å². The van der Waals surface area contributed by atoms with Crippen LogP contribution in [0.2, 0.25) is 0 Å². The average molecular weight is 410 g/mol. The van der Waals surface area contributed by atoms with Crippen LogP contribution in [0.5, 0.6) is 0 Å². The van der Waals surface area contributed by atoms with Crippen LogP contribution in [-0.4, -0.2) is 13.1 Å². The molecular formula is C17H18Br2N2. The van der Waals surface area contributed by atoms with E-state index in [1.807, 2.05) is 18.2 Å². The maximum Gasteiger partial charge on any atom is 0.0631 e. The van der Waals surface area contributed by atoms with Gasteiger partial charge in [0.1, 0.15) is 0 Å². The van der Waals surface area contributed by atoms with Crippen LogP contribution in [0.25, 0.3) is 0 Å². The van der Waals surface area contributed by atoms with E-state index in [0.29, 0.717) is 0 Å². The number of nitrogens with one attached hydrogen (secondary N) is 1. The van der Waals surface area contributed by atoms with Crippen molar-refractivity contribution in [1.29, 1.82) is 0 Å². The normalized spacial score (nSPS) is 14.5. The Bertz CT molecular complexity index is 584. The number of para-hydroxylation sites is 1. The number of anilines is 2. The Morgan fingerprint density at radius 2 is 1.52 bits per heavy atom.